The number of morpholine rings is 1. The minimum absolute atomic E-state index is 0.00108. The van der Waals surface area contributed by atoms with Gasteiger partial charge in [0, 0.05) is 18.5 Å². The van der Waals surface area contributed by atoms with E-state index >= 15 is 0 Å². The molecule has 0 aliphatic carbocycles. The third-order valence-electron chi connectivity index (χ3n) is 3.70. The van der Waals surface area contributed by atoms with Gasteiger partial charge in [-0.2, -0.15) is 0 Å². The number of anilines is 1. The van der Waals surface area contributed by atoms with Crippen LogP contribution < -0.4 is 4.90 Å². The van der Waals surface area contributed by atoms with Crippen LogP contribution in [0.25, 0.3) is 0 Å². The van der Waals surface area contributed by atoms with Crippen LogP contribution in [0.4, 0.5) is 5.82 Å². The molecule has 20 heavy (non-hydrogen) atoms. The highest BCUT2D eigenvalue weighted by Gasteiger charge is 2.30. The molecule has 1 saturated heterocycles. The van der Waals surface area contributed by atoms with E-state index in [1.165, 1.54) is 0 Å². The first kappa shape index (κ1) is 14.0. The molecule has 0 unspecified atom stereocenters. The highest BCUT2D eigenvalue weighted by Crippen LogP contribution is 2.30. The average molecular weight is 318 g/mol. The van der Waals surface area contributed by atoms with E-state index in [1.807, 2.05) is 6.92 Å². The minimum atomic E-state index is -3.07. The van der Waals surface area contributed by atoms with Crippen LogP contribution in [-0.2, 0) is 26.7 Å². The summed E-state index contributed by atoms with van der Waals surface area (Å²) in [7, 11) is -3.07. The van der Waals surface area contributed by atoms with Crippen LogP contribution in [-0.4, -0.2) is 49.9 Å². The second kappa shape index (κ2) is 5.13. The van der Waals surface area contributed by atoms with Gasteiger partial charge in [0.05, 0.1) is 36.5 Å². The molecule has 8 heteroatoms. The molecule has 0 N–H and O–H groups in total. The van der Waals surface area contributed by atoms with E-state index in [2.05, 4.69) is 14.9 Å². The highest BCUT2D eigenvalue weighted by atomic mass is 35.5. The number of hydrogen-bond acceptors (Lipinski definition) is 6. The van der Waals surface area contributed by atoms with Crippen molar-refractivity contribution in [1.29, 1.82) is 0 Å². The summed E-state index contributed by atoms with van der Waals surface area (Å²) in [5, 5.41) is 0.178. The Morgan fingerprint density at radius 3 is 2.95 bits per heavy atom. The van der Waals surface area contributed by atoms with Gasteiger partial charge in [-0.05, 0) is 18.5 Å². The van der Waals surface area contributed by atoms with Gasteiger partial charge in [0.25, 0.3) is 0 Å². The van der Waals surface area contributed by atoms with E-state index in [1.54, 1.807) is 0 Å². The molecule has 0 saturated carbocycles. The molecule has 0 aromatic carbocycles. The van der Waals surface area contributed by atoms with Crippen molar-refractivity contribution in [3.63, 3.8) is 0 Å². The Hall–Kier alpha value is -0.920. The molecule has 1 fully saturated rings. The van der Waals surface area contributed by atoms with Gasteiger partial charge >= 0.3 is 0 Å². The molecule has 6 nitrogen and oxygen atoms in total. The zero-order valence-electron chi connectivity index (χ0n) is 11.2. The van der Waals surface area contributed by atoms with E-state index in [-0.39, 0.29) is 22.8 Å². The van der Waals surface area contributed by atoms with Gasteiger partial charge in [0.2, 0.25) is 5.28 Å². The van der Waals surface area contributed by atoms with Gasteiger partial charge in [0.15, 0.2) is 9.84 Å². The lowest BCUT2D eigenvalue weighted by Crippen LogP contribution is -2.45. The Kier molecular flexibility index (Phi) is 3.60. The van der Waals surface area contributed by atoms with Crippen molar-refractivity contribution < 1.29 is 13.2 Å². The largest absolute Gasteiger partial charge is 0.377 e. The summed E-state index contributed by atoms with van der Waals surface area (Å²) in [6.45, 7) is 3.91. The number of aromatic nitrogens is 2. The van der Waals surface area contributed by atoms with E-state index in [0.29, 0.717) is 37.6 Å². The quantitative estimate of drug-likeness (QED) is 0.714. The zero-order chi connectivity index (χ0) is 14.3. The molecule has 2 aliphatic rings. The fourth-order valence-corrected chi connectivity index (χ4v) is 4.23. The Morgan fingerprint density at radius 1 is 1.40 bits per heavy atom. The standard InChI is InChI=1S/C12H16ClN3O3S/c1-8-6-19-4-3-16(8)11-9-7-20(17,18)5-2-10(9)14-12(13)15-11/h8H,2-7H2,1H3/t8-/m0/s1. The van der Waals surface area contributed by atoms with Crippen molar-refractivity contribution in [2.24, 2.45) is 0 Å². The Labute approximate surface area is 123 Å². The first-order valence-corrected chi connectivity index (χ1v) is 8.76. The van der Waals surface area contributed by atoms with Gasteiger partial charge in [0.1, 0.15) is 5.82 Å². The Bertz CT molecular complexity index is 635. The number of nitrogens with zero attached hydrogens (tertiary/aromatic N) is 3. The number of halogens is 1. The molecule has 1 atom stereocenters. The summed E-state index contributed by atoms with van der Waals surface area (Å²) in [6.07, 6.45) is 0.408. The van der Waals surface area contributed by atoms with Gasteiger partial charge in [-0.25, -0.2) is 18.4 Å². The Morgan fingerprint density at radius 2 is 2.20 bits per heavy atom. The zero-order valence-corrected chi connectivity index (χ0v) is 12.7. The van der Waals surface area contributed by atoms with Crippen molar-refractivity contribution in [1.82, 2.24) is 9.97 Å². The van der Waals surface area contributed by atoms with Gasteiger partial charge in [-0.3, -0.25) is 0 Å². The molecule has 0 amide bonds. The summed E-state index contributed by atoms with van der Waals surface area (Å²) >= 11 is 5.99. The van der Waals surface area contributed by atoms with Crippen molar-refractivity contribution in [2.75, 3.05) is 30.4 Å². The number of aryl methyl sites for hydroxylation is 1. The van der Waals surface area contributed by atoms with E-state index < -0.39 is 9.84 Å². The summed E-state index contributed by atoms with van der Waals surface area (Å²) in [5.41, 5.74) is 1.46. The normalized spacial score (nSPS) is 25.3. The SMILES string of the molecule is C[C@H]1COCCN1c1nc(Cl)nc2c1CS(=O)(=O)CC2. The second-order valence-corrected chi connectivity index (χ2v) is 7.72. The lowest BCUT2D eigenvalue weighted by Gasteiger charge is -2.36. The molecule has 1 aromatic heterocycles. The fraction of sp³-hybridized carbons (Fsp3) is 0.667. The van der Waals surface area contributed by atoms with Crippen molar-refractivity contribution in [3.8, 4) is 0 Å². The molecule has 0 radical (unpaired) electrons. The van der Waals surface area contributed by atoms with Crippen LogP contribution in [0.5, 0.6) is 0 Å². The van der Waals surface area contributed by atoms with Crippen LogP contribution in [0.15, 0.2) is 0 Å². The molecule has 3 heterocycles. The molecule has 0 spiro atoms. The first-order chi connectivity index (χ1) is 9.46. The summed E-state index contributed by atoms with van der Waals surface area (Å²) in [5.74, 6) is 0.781. The number of ether oxygens (including phenoxy) is 1. The molecule has 110 valence electrons. The number of hydrogen-bond donors (Lipinski definition) is 0. The first-order valence-electron chi connectivity index (χ1n) is 6.56. The van der Waals surface area contributed by atoms with Crippen molar-refractivity contribution in [2.45, 2.75) is 25.1 Å². The van der Waals surface area contributed by atoms with E-state index in [9.17, 15) is 8.42 Å². The number of fused-ring (bicyclic) bond motifs is 1. The monoisotopic (exact) mass is 317 g/mol. The van der Waals surface area contributed by atoms with Crippen LogP contribution >= 0.6 is 11.6 Å². The molecule has 1 aromatic rings. The van der Waals surface area contributed by atoms with E-state index in [0.717, 1.165) is 5.69 Å². The molecular formula is C12H16ClN3O3S. The lowest BCUT2D eigenvalue weighted by atomic mass is 10.1. The van der Waals surface area contributed by atoms with Gasteiger partial charge in [-0.1, -0.05) is 0 Å². The molecule has 3 rings (SSSR count). The maximum atomic E-state index is 11.9. The molecule has 0 bridgehead atoms. The minimum Gasteiger partial charge on any atom is -0.377 e. The second-order valence-electron chi connectivity index (χ2n) is 5.20. The van der Waals surface area contributed by atoms with Crippen LogP contribution in [0, 0.1) is 0 Å². The summed E-state index contributed by atoms with van der Waals surface area (Å²) < 4.78 is 29.2. The lowest BCUT2D eigenvalue weighted by molar-refractivity contribution is 0.0984. The maximum Gasteiger partial charge on any atom is 0.224 e. The number of rotatable bonds is 1. The fourth-order valence-electron chi connectivity index (χ4n) is 2.67. The number of sulfone groups is 1. The summed E-state index contributed by atoms with van der Waals surface area (Å²) in [6, 6.07) is 0.142. The smallest absolute Gasteiger partial charge is 0.224 e. The third-order valence-corrected chi connectivity index (χ3v) is 5.42. The van der Waals surface area contributed by atoms with Crippen LogP contribution in [0.3, 0.4) is 0 Å². The predicted octanol–water partition coefficient (Wildman–Crippen LogP) is 0.826. The maximum absolute atomic E-state index is 11.9. The third kappa shape index (κ3) is 2.62. The van der Waals surface area contributed by atoms with Gasteiger partial charge < -0.3 is 9.64 Å². The van der Waals surface area contributed by atoms with Crippen molar-refractivity contribution in [3.05, 3.63) is 16.5 Å². The van der Waals surface area contributed by atoms with Crippen LogP contribution in [0.2, 0.25) is 5.28 Å². The van der Waals surface area contributed by atoms with Crippen LogP contribution in [0.1, 0.15) is 18.2 Å². The predicted molar refractivity (Wildman–Crippen MR) is 75.9 cm³/mol. The summed E-state index contributed by atoms with van der Waals surface area (Å²) in [4.78, 5) is 10.5. The topological polar surface area (TPSA) is 72.4 Å². The van der Waals surface area contributed by atoms with Gasteiger partial charge in [-0.15, -0.1) is 0 Å². The Balaban J connectivity index is 2.08. The molecule has 2 aliphatic heterocycles. The van der Waals surface area contributed by atoms with E-state index in [4.69, 9.17) is 16.3 Å². The van der Waals surface area contributed by atoms with Crippen molar-refractivity contribution >= 4 is 27.3 Å². The average Bonchev–Trinajstić information content (AvgIpc) is 2.39. The molecular weight excluding hydrogens is 302 g/mol. The highest BCUT2D eigenvalue weighted by molar-refractivity contribution is 7.90.